The van der Waals surface area contributed by atoms with E-state index in [2.05, 4.69) is 5.32 Å². The molecule has 0 aromatic heterocycles. The third kappa shape index (κ3) is 6.29. The summed E-state index contributed by atoms with van der Waals surface area (Å²) in [5.74, 6) is -0.266. The van der Waals surface area contributed by atoms with Crippen LogP contribution in [0.25, 0.3) is 0 Å². The van der Waals surface area contributed by atoms with Gasteiger partial charge in [-0.2, -0.15) is 0 Å². The van der Waals surface area contributed by atoms with Crippen molar-refractivity contribution in [3.8, 4) is 0 Å². The van der Waals surface area contributed by atoms with Crippen LogP contribution < -0.4 is 11.1 Å². The fourth-order valence-electron chi connectivity index (χ4n) is 2.10. The molecule has 1 atom stereocenters. The zero-order chi connectivity index (χ0) is 15.8. The average molecular weight is 292 g/mol. The molecule has 21 heavy (non-hydrogen) atoms. The zero-order valence-corrected chi connectivity index (χ0v) is 12.9. The lowest BCUT2D eigenvalue weighted by Gasteiger charge is -2.18. The number of hydrogen-bond acceptors (Lipinski definition) is 4. The minimum Gasteiger partial charge on any atom is -0.467 e. The summed E-state index contributed by atoms with van der Waals surface area (Å²) in [7, 11) is 1.33. The van der Waals surface area contributed by atoms with Gasteiger partial charge in [-0.3, -0.25) is 4.79 Å². The van der Waals surface area contributed by atoms with Gasteiger partial charge in [0.15, 0.2) is 0 Å². The molecule has 5 nitrogen and oxygen atoms in total. The van der Waals surface area contributed by atoms with Crippen LogP contribution in [0, 0.1) is 5.92 Å². The van der Waals surface area contributed by atoms with Crippen LogP contribution >= 0.6 is 0 Å². The summed E-state index contributed by atoms with van der Waals surface area (Å²) >= 11 is 0. The predicted octanol–water partition coefficient (Wildman–Crippen LogP) is 1.91. The summed E-state index contributed by atoms with van der Waals surface area (Å²) in [6.07, 6.45) is 1.47. The Balaban J connectivity index is 2.51. The lowest BCUT2D eigenvalue weighted by Crippen LogP contribution is -2.42. The molecule has 0 spiro atoms. The van der Waals surface area contributed by atoms with Gasteiger partial charge in [-0.1, -0.05) is 26.0 Å². The molecule has 0 heterocycles. The van der Waals surface area contributed by atoms with Gasteiger partial charge in [-0.25, -0.2) is 4.79 Å². The number of anilines is 1. The minimum absolute atomic E-state index is 0.159. The maximum atomic E-state index is 12.0. The van der Waals surface area contributed by atoms with Crippen molar-refractivity contribution in [2.45, 2.75) is 39.2 Å². The lowest BCUT2D eigenvalue weighted by atomic mass is 10.0. The molecular weight excluding hydrogens is 268 g/mol. The Labute approximate surface area is 125 Å². The highest BCUT2D eigenvalue weighted by molar-refractivity contribution is 5.84. The van der Waals surface area contributed by atoms with E-state index in [0.29, 0.717) is 30.9 Å². The molecule has 1 aromatic rings. The number of ether oxygens (including phenoxy) is 1. The SMILES string of the molecule is COC(=O)C(CC(C)C)NC(=O)CCc1cccc(N)c1. The second kappa shape index (κ2) is 8.29. The van der Waals surface area contributed by atoms with Gasteiger partial charge >= 0.3 is 5.97 Å². The van der Waals surface area contributed by atoms with Gasteiger partial charge < -0.3 is 15.8 Å². The van der Waals surface area contributed by atoms with Crippen LogP contribution in [-0.2, 0) is 20.7 Å². The number of amides is 1. The van der Waals surface area contributed by atoms with Gasteiger partial charge in [-0.15, -0.1) is 0 Å². The summed E-state index contributed by atoms with van der Waals surface area (Å²) < 4.78 is 4.72. The van der Waals surface area contributed by atoms with Gasteiger partial charge in [-0.05, 0) is 36.5 Å². The number of aryl methyl sites for hydroxylation is 1. The second-order valence-corrected chi connectivity index (χ2v) is 5.52. The standard InChI is InChI=1S/C16H24N2O3/c1-11(2)9-14(16(20)21-3)18-15(19)8-7-12-5-4-6-13(17)10-12/h4-6,10-11,14H,7-9,17H2,1-3H3,(H,18,19). The molecule has 0 saturated heterocycles. The van der Waals surface area contributed by atoms with Crippen LogP contribution in [0.15, 0.2) is 24.3 Å². The van der Waals surface area contributed by atoms with Crippen molar-refractivity contribution in [1.82, 2.24) is 5.32 Å². The molecule has 1 rings (SSSR count). The molecule has 0 saturated carbocycles. The second-order valence-electron chi connectivity index (χ2n) is 5.52. The number of carbonyl (C=O) groups is 2. The highest BCUT2D eigenvalue weighted by atomic mass is 16.5. The van der Waals surface area contributed by atoms with Crippen molar-refractivity contribution in [1.29, 1.82) is 0 Å². The smallest absolute Gasteiger partial charge is 0.328 e. The molecule has 0 aliphatic heterocycles. The number of rotatable bonds is 7. The third-order valence-corrected chi connectivity index (χ3v) is 3.12. The Bertz CT molecular complexity index is 486. The quantitative estimate of drug-likeness (QED) is 0.594. The maximum Gasteiger partial charge on any atom is 0.328 e. The van der Waals surface area contributed by atoms with E-state index in [4.69, 9.17) is 10.5 Å². The van der Waals surface area contributed by atoms with Crippen molar-refractivity contribution in [3.05, 3.63) is 29.8 Å². The first kappa shape index (κ1) is 17.0. The van der Waals surface area contributed by atoms with E-state index < -0.39 is 12.0 Å². The largest absolute Gasteiger partial charge is 0.467 e. The highest BCUT2D eigenvalue weighted by Crippen LogP contribution is 2.10. The van der Waals surface area contributed by atoms with Crippen LogP contribution in [0.2, 0.25) is 0 Å². The first-order chi connectivity index (χ1) is 9.92. The summed E-state index contributed by atoms with van der Waals surface area (Å²) in [6, 6.07) is 6.86. The number of nitrogens with two attached hydrogens (primary N) is 1. The predicted molar refractivity (Wildman–Crippen MR) is 82.6 cm³/mol. The van der Waals surface area contributed by atoms with Crippen LogP contribution in [0.3, 0.4) is 0 Å². The number of methoxy groups -OCH3 is 1. The fraction of sp³-hybridized carbons (Fsp3) is 0.500. The first-order valence-electron chi connectivity index (χ1n) is 7.14. The summed E-state index contributed by atoms with van der Waals surface area (Å²) in [4.78, 5) is 23.6. The van der Waals surface area contributed by atoms with E-state index in [0.717, 1.165) is 5.56 Å². The van der Waals surface area contributed by atoms with Crippen LogP contribution in [0.5, 0.6) is 0 Å². The molecule has 0 aliphatic carbocycles. The van der Waals surface area contributed by atoms with Crippen molar-refractivity contribution in [3.63, 3.8) is 0 Å². The third-order valence-electron chi connectivity index (χ3n) is 3.12. The van der Waals surface area contributed by atoms with E-state index in [1.54, 1.807) is 6.07 Å². The van der Waals surface area contributed by atoms with Crippen molar-refractivity contribution < 1.29 is 14.3 Å². The van der Waals surface area contributed by atoms with E-state index in [-0.39, 0.29) is 5.91 Å². The number of esters is 1. The Morgan fingerprint density at radius 3 is 2.62 bits per heavy atom. The minimum atomic E-state index is -0.580. The Kier molecular flexibility index (Phi) is 6.72. The molecule has 1 unspecified atom stereocenters. The number of nitrogen functional groups attached to an aromatic ring is 1. The van der Waals surface area contributed by atoms with Crippen molar-refractivity contribution in [2.24, 2.45) is 5.92 Å². The molecule has 116 valence electrons. The summed E-state index contributed by atoms with van der Waals surface area (Å²) in [5.41, 5.74) is 7.38. The number of hydrogen-bond donors (Lipinski definition) is 2. The van der Waals surface area contributed by atoms with Crippen molar-refractivity contribution >= 4 is 17.6 Å². The Morgan fingerprint density at radius 2 is 2.05 bits per heavy atom. The molecule has 1 amide bonds. The number of nitrogens with one attached hydrogen (secondary N) is 1. The molecular formula is C16H24N2O3. The molecule has 3 N–H and O–H groups in total. The molecule has 0 bridgehead atoms. The van der Waals surface area contributed by atoms with Gasteiger partial charge in [0.25, 0.3) is 0 Å². The Hall–Kier alpha value is -2.04. The molecule has 0 aliphatic rings. The molecule has 1 aromatic carbocycles. The zero-order valence-electron chi connectivity index (χ0n) is 12.9. The number of carbonyl (C=O) groups excluding carboxylic acids is 2. The van der Waals surface area contributed by atoms with Crippen LogP contribution in [-0.4, -0.2) is 25.0 Å². The first-order valence-corrected chi connectivity index (χ1v) is 7.14. The molecule has 0 fully saturated rings. The van der Waals surface area contributed by atoms with Gasteiger partial charge in [0, 0.05) is 12.1 Å². The Morgan fingerprint density at radius 1 is 1.33 bits per heavy atom. The van der Waals surface area contributed by atoms with Gasteiger partial charge in [0.1, 0.15) is 6.04 Å². The number of benzene rings is 1. The summed E-state index contributed by atoms with van der Waals surface area (Å²) in [5, 5.41) is 2.74. The molecule has 5 heteroatoms. The van der Waals surface area contributed by atoms with E-state index in [9.17, 15) is 9.59 Å². The normalized spacial score (nSPS) is 12.0. The highest BCUT2D eigenvalue weighted by Gasteiger charge is 2.22. The van der Waals surface area contributed by atoms with E-state index in [1.807, 2.05) is 32.0 Å². The average Bonchev–Trinajstić information content (AvgIpc) is 2.43. The summed E-state index contributed by atoms with van der Waals surface area (Å²) in [6.45, 7) is 3.99. The fourth-order valence-corrected chi connectivity index (χ4v) is 2.10. The lowest BCUT2D eigenvalue weighted by molar-refractivity contribution is -0.145. The monoisotopic (exact) mass is 292 g/mol. The van der Waals surface area contributed by atoms with Gasteiger partial charge in [0.2, 0.25) is 5.91 Å². The maximum absolute atomic E-state index is 12.0. The van der Waals surface area contributed by atoms with Crippen molar-refractivity contribution in [2.75, 3.05) is 12.8 Å². The van der Waals surface area contributed by atoms with Gasteiger partial charge in [0.05, 0.1) is 7.11 Å². The van der Waals surface area contributed by atoms with Crippen LogP contribution in [0.4, 0.5) is 5.69 Å². The van der Waals surface area contributed by atoms with E-state index >= 15 is 0 Å². The van der Waals surface area contributed by atoms with E-state index in [1.165, 1.54) is 7.11 Å². The van der Waals surface area contributed by atoms with Crippen LogP contribution in [0.1, 0.15) is 32.3 Å². The molecule has 0 radical (unpaired) electrons. The topological polar surface area (TPSA) is 81.4 Å².